The molecule has 0 radical (unpaired) electrons. The number of aromatic hydroxyl groups is 1. The number of hydrogen-bond donors (Lipinski definition) is 2. The lowest BCUT2D eigenvalue weighted by atomic mass is 10.2. The Morgan fingerprint density at radius 3 is 2.59 bits per heavy atom. The Morgan fingerprint density at radius 2 is 1.93 bits per heavy atom. The fraction of sp³-hybridized carbons (Fsp3) is 0.350. The highest BCUT2D eigenvalue weighted by molar-refractivity contribution is 9.10. The topological polar surface area (TPSA) is 60.3 Å². The van der Waals surface area contributed by atoms with Crippen molar-refractivity contribution in [3.63, 3.8) is 0 Å². The van der Waals surface area contributed by atoms with Crippen LogP contribution in [0.1, 0.15) is 5.56 Å². The number of phenols is 1. The number of hydrogen-bond acceptors (Lipinski definition) is 4. The molecule has 6 nitrogen and oxygen atoms in total. The van der Waals surface area contributed by atoms with E-state index in [0.29, 0.717) is 12.3 Å². The van der Waals surface area contributed by atoms with E-state index in [1.807, 2.05) is 30.3 Å². The Hall–Kier alpha value is -2.41. The highest BCUT2D eigenvalue weighted by Gasteiger charge is 2.21. The number of para-hydroxylation sites is 2. The van der Waals surface area contributed by atoms with Crippen LogP contribution in [0, 0.1) is 0 Å². The van der Waals surface area contributed by atoms with E-state index in [4.69, 9.17) is 4.74 Å². The summed E-state index contributed by atoms with van der Waals surface area (Å²) in [7, 11) is 3.48. The summed E-state index contributed by atoms with van der Waals surface area (Å²) in [5.41, 5.74) is 1.96. The number of ether oxygens (including phenoxy) is 1. The summed E-state index contributed by atoms with van der Waals surface area (Å²) in [5.74, 6) is 2.05. The van der Waals surface area contributed by atoms with Gasteiger partial charge >= 0.3 is 0 Å². The molecule has 0 unspecified atom stereocenters. The van der Waals surface area contributed by atoms with E-state index in [1.54, 1.807) is 20.2 Å². The van der Waals surface area contributed by atoms with Crippen LogP contribution in [-0.2, 0) is 6.54 Å². The van der Waals surface area contributed by atoms with Gasteiger partial charge in [-0.05, 0) is 30.3 Å². The summed E-state index contributed by atoms with van der Waals surface area (Å²) in [5, 5.41) is 13.5. The van der Waals surface area contributed by atoms with Crippen molar-refractivity contribution < 1.29 is 9.84 Å². The molecule has 0 atom stereocenters. The van der Waals surface area contributed by atoms with Gasteiger partial charge in [0.15, 0.2) is 5.96 Å². The van der Waals surface area contributed by atoms with Crippen molar-refractivity contribution in [2.24, 2.45) is 4.99 Å². The largest absolute Gasteiger partial charge is 0.506 e. The van der Waals surface area contributed by atoms with Gasteiger partial charge in [-0.3, -0.25) is 4.99 Å². The van der Waals surface area contributed by atoms with Crippen molar-refractivity contribution in [3.8, 4) is 11.5 Å². The van der Waals surface area contributed by atoms with E-state index >= 15 is 0 Å². The number of phenolic OH excluding ortho intramolecular Hbond substituents is 1. The van der Waals surface area contributed by atoms with Crippen LogP contribution < -0.4 is 15.0 Å². The Balaban J connectivity index is 1.60. The highest BCUT2D eigenvalue weighted by Crippen LogP contribution is 2.27. The first-order valence-corrected chi connectivity index (χ1v) is 9.72. The number of benzene rings is 2. The fourth-order valence-corrected chi connectivity index (χ4v) is 3.69. The van der Waals surface area contributed by atoms with E-state index in [1.165, 1.54) is 0 Å². The minimum atomic E-state index is 0.329. The number of nitrogens with zero attached hydrogens (tertiary/aromatic N) is 3. The third kappa shape index (κ3) is 4.66. The van der Waals surface area contributed by atoms with Gasteiger partial charge < -0.3 is 25.0 Å². The molecule has 0 saturated carbocycles. The number of rotatable bonds is 4. The lowest BCUT2D eigenvalue weighted by Gasteiger charge is -2.37. The van der Waals surface area contributed by atoms with Gasteiger partial charge in [-0.2, -0.15) is 0 Å². The van der Waals surface area contributed by atoms with E-state index in [9.17, 15) is 5.11 Å². The van der Waals surface area contributed by atoms with Gasteiger partial charge in [-0.25, -0.2) is 0 Å². The summed E-state index contributed by atoms with van der Waals surface area (Å²) < 4.78 is 6.46. The third-order valence-corrected chi connectivity index (χ3v) is 5.19. The minimum absolute atomic E-state index is 0.329. The number of nitrogens with one attached hydrogen (secondary N) is 1. The number of aliphatic imine (C=N–C) groups is 1. The third-order valence-electron chi connectivity index (χ3n) is 4.69. The zero-order valence-electron chi connectivity index (χ0n) is 15.7. The average molecular weight is 433 g/mol. The molecule has 1 fully saturated rings. The number of guanidine groups is 1. The Bertz CT molecular complexity index is 804. The molecule has 0 aliphatic carbocycles. The van der Waals surface area contributed by atoms with Crippen LogP contribution in [0.25, 0.3) is 0 Å². The predicted octanol–water partition coefficient (Wildman–Crippen LogP) is 3.06. The summed E-state index contributed by atoms with van der Waals surface area (Å²) >= 11 is 3.51. The molecule has 1 aliphatic rings. The minimum Gasteiger partial charge on any atom is -0.506 e. The predicted molar refractivity (Wildman–Crippen MR) is 113 cm³/mol. The Labute approximate surface area is 168 Å². The van der Waals surface area contributed by atoms with Gasteiger partial charge in [0.2, 0.25) is 0 Å². The molecule has 2 N–H and O–H groups in total. The smallest absolute Gasteiger partial charge is 0.194 e. The van der Waals surface area contributed by atoms with Crippen molar-refractivity contribution in [2.75, 3.05) is 45.2 Å². The standard InChI is InChI=1S/C20H25BrN4O2/c1-22-20(23-14-15-13-16(21)7-8-19(15)27-2)25-11-9-24(10-12-25)17-5-3-4-6-18(17)26/h3-8,13,26H,9-12,14H2,1-2H3,(H,22,23). The van der Waals surface area contributed by atoms with Gasteiger partial charge in [-0.15, -0.1) is 0 Å². The van der Waals surface area contributed by atoms with Crippen molar-refractivity contribution >= 4 is 27.6 Å². The normalized spacial score (nSPS) is 15.0. The quantitative estimate of drug-likeness (QED) is 0.574. The molecule has 0 bridgehead atoms. The first-order valence-electron chi connectivity index (χ1n) is 8.93. The molecule has 1 saturated heterocycles. The van der Waals surface area contributed by atoms with Gasteiger partial charge in [0.05, 0.1) is 12.8 Å². The van der Waals surface area contributed by atoms with Crippen LogP contribution in [-0.4, -0.2) is 56.3 Å². The van der Waals surface area contributed by atoms with Gasteiger partial charge in [0, 0.05) is 49.8 Å². The molecular weight excluding hydrogens is 408 g/mol. The van der Waals surface area contributed by atoms with Gasteiger partial charge in [0.1, 0.15) is 11.5 Å². The number of piperazine rings is 1. The maximum Gasteiger partial charge on any atom is 0.194 e. The molecule has 2 aromatic carbocycles. The van der Waals surface area contributed by atoms with Crippen LogP contribution in [0.5, 0.6) is 11.5 Å². The number of halogens is 1. The second-order valence-electron chi connectivity index (χ2n) is 6.32. The maximum absolute atomic E-state index is 10.1. The summed E-state index contributed by atoms with van der Waals surface area (Å²) in [6.45, 7) is 3.97. The lowest BCUT2D eigenvalue weighted by Crippen LogP contribution is -2.52. The zero-order valence-corrected chi connectivity index (χ0v) is 17.2. The van der Waals surface area contributed by atoms with Crippen molar-refractivity contribution in [1.29, 1.82) is 0 Å². The monoisotopic (exact) mass is 432 g/mol. The highest BCUT2D eigenvalue weighted by atomic mass is 79.9. The number of anilines is 1. The van der Waals surface area contributed by atoms with Crippen LogP contribution in [0.15, 0.2) is 51.9 Å². The molecule has 2 aromatic rings. The molecule has 1 aliphatic heterocycles. The van der Waals surface area contributed by atoms with Crippen LogP contribution in [0.2, 0.25) is 0 Å². The molecule has 0 aromatic heterocycles. The second kappa shape index (κ2) is 8.99. The maximum atomic E-state index is 10.1. The van der Waals surface area contributed by atoms with E-state index in [-0.39, 0.29) is 0 Å². The summed E-state index contributed by atoms with van der Waals surface area (Å²) in [6.07, 6.45) is 0. The fourth-order valence-electron chi connectivity index (χ4n) is 3.28. The van der Waals surface area contributed by atoms with Crippen molar-refractivity contribution in [3.05, 3.63) is 52.5 Å². The van der Waals surface area contributed by atoms with Crippen molar-refractivity contribution in [2.45, 2.75) is 6.54 Å². The second-order valence-corrected chi connectivity index (χ2v) is 7.24. The Kier molecular flexibility index (Phi) is 6.45. The van der Waals surface area contributed by atoms with Crippen LogP contribution in [0.3, 0.4) is 0 Å². The molecular formula is C20H25BrN4O2. The summed E-state index contributed by atoms with van der Waals surface area (Å²) in [6, 6.07) is 13.5. The van der Waals surface area contributed by atoms with E-state index in [0.717, 1.165) is 53.6 Å². The lowest BCUT2D eigenvalue weighted by molar-refractivity contribution is 0.368. The molecule has 1 heterocycles. The molecule has 0 spiro atoms. The molecule has 27 heavy (non-hydrogen) atoms. The van der Waals surface area contributed by atoms with Crippen molar-refractivity contribution in [1.82, 2.24) is 10.2 Å². The van der Waals surface area contributed by atoms with E-state index in [2.05, 4.69) is 42.1 Å². The SMILES string of the molecule is CN=C(NCc1cc(Br)ccc1OC)N1CCN(c2ccccc2O)CC1. The first kappa shape index (κ1) is 19.4. The molecule has 7 heteroatoms. The molecule has 3 rings (SSSR count). The van der Waals surface area contributed by atoms with Gasteiger partial charge in [-0.1, -0.05) is 28.1 Å². The first-order chi connectivity index (χ1) is 13.1. The Morgan fingerprint density at radius 1 is 1.19 bits per heavy atom. The zero-order chi connectivity index (χ0) is 19.2. The molecule has 144 valence electrons. The van der Waals surface area contributed by atoms with E-state index < -0.39 is 0 Å². The van der Waals surface area contributed by atoms with Crippen LogP contribution >= 0.6 is 15.9 Å². The molecule has 0 amide bonds. The summed E-state index contributed by atoms with van der Waals surface area (Å²) in [4.78, 5) is 8.87. The number of methoxy groups -OCH3 is 1. The van der Waals surface area contributed by atoms with Gasteiger partial charge in [0.25, 0.3) is 0 Å². The average Bonchev–Trinajstić information content (AvgIpc) is 2.69. The van der Waals surface area contributed by atoms with Crippen LogP contribution in [0.4, 0.5) is 5.69 Å².